The minimum atomic E-state index is -5.35. The highest BCUT2D eigenvalue weighted by molar-refractivity contribution is 7.70. The zero-order valence-corrected chi connectivity index (χ0v) is 24.6. The molecule has 214 valence electrons. The Balaban J connectivity index is 2.99. The van der Waals surface area contributed by atoms with Crippen LogP contribution in [-0.4, -0.2) is 49.1 Å². The summed E-state index contributed by atoms with van der Waals surface area (Å²) >= 11 is 0. The van der Waals surface area contributed by atoms with Crippen LogP contribution in [0.3, 0.4) is 0 Å². The van der Waals surface area contributed by atoms with E-state index in [1.807, 2.05) is 0 Å². The zero-order chi connectivity index (χ0) is 29.4. The minimum absolute atomic E-state index is 0.0296. The van der Waals surface area contributed by atoms with Gasteiger partial charge in [0.2, 0.25) is 0 Å². The molecule has 0 atom stereocenters. The Morgan fingerprint density at radius 2 is 1.13 bits per heavy atom. The summed E-state index contributed by atoms with van der Waals surface area (Å²) in [5.41, 5.74) is 0.865. The van der Waals surface area contributed by atoms with Crippen LogP contribution in [0.4, 0.5) is 0 Å². The molecule has 14 nitrogen and oxygen atoms in total. The molecule has 0 unspecified atom stereocenters. The smallest absolute Gasteiger partial charge is 0.324 e. The van der Waals surface area contributed by atoms with E-state index in [0.29, 0.717) is 11.1 Å². The van der Waals surface area contributed by atoms with Gasteiger partial charge in [-0.1, -0.05) is 33.8 Å². The van der Waals surface area contributed by atoms with Gasteiger partial charge >= 0.3 is 30.4 Å². The van der Waals surface area contributed by atoms with E-state index in [9.17, 15) is 57.4 Å². The van der Waals surface area contributed by atoms with Gasteiger partial charge in [0.25, 0.3) is 0 Å². The monoisotopic (exact) mass is 616 g/mol. The maximum absolute atomic E-state index is 12.3. The van der Waals surface area contributed by atoms with Gasteiger partial charge in [-0.25, -0.2) is 0 Å². The van der Waals surface area contributed by atoms with Crippen molar-refractivity contribution in [3.05, 3.63) is 45.8 Å². The number of aryl methyl sites for hydroxylation is 2. The second-order valence-electron chi connectivity index (χ2n) is 8.57. The summed E-state index contributed by atoms with van der Waals surface area (Å²) < 4.78 is 48.3. The molecule has 0 spiro atoms. The molecule has 0 aliphatic carbocycles. The molecule has 0 bridgehead atoms. The molecule has 0 saturated carbocycles. The Bertz CT molecular complexity index is 1350. The number of rotatable bonds is 11. The van der Waals surface area contributed by atoms with Crippen molar-refractivity contribution < 1.29 is 57.4 Å². The van der Waals surface area contributed by atoms with E-state index in [2.05, 4.69) is 9.97 Å². The molecular formula is C20H32N2O12P4. The number of pyridine rings is 2. The van der Waals surface area contributed by atoms with Crippen LogP contribution < -0.4 is 0 Å². The van der Waals surface area contributed by atoms with Crippen LogP contribution in [-0.2, 0) is 43.9 Å². The lowest BCUT2D eigenvalue weighted by atomic mass is 9.91. The summed E-state index contributed by atoms with van der Waals surface area (Å²) in [7, 11) is -21.3. The fourth-order valence-electron chi connectivity index (χ4n) is 4.57. The zero-order valence-electron chi connectivity index (χ0n) is 21.0. The average Bonchev–Trinajstić information content (AvgIpc) is 2.74. The van der Waals surface area contributed by atoms with Crippen LogP contribution in [0, 0.1) is 0 Å². The molecule has 0 fully saturated rings. The Kier molecular flexibility index (Phi) is 10.3. The van der Waals surface area contributed by atoms with E-state index in [0.717, 1.165) is 6.20 Å². The molecule has 38 heavy (non-hydrogen) atoms. The summed E-state index contributed by atoms with van der Waals surface area (Å²) in [6, 6.07) is 1.21. The van der Waals surface area contributed by atoms with Gasteiger partial charge < -0.3 is 39.1 Å². The molecule has 8 N–H and O–H groups in total. The SMILES string of the molecule is CCc1cc(C(P(=O)(O)O)P(=O)(O)O)cnc1-c1nc(CC)c(C(P(=O)(O)O)P(=O)(O)O)c(CC)c1CC. The van der Waals surface area contributed by atoms with Gasteiger partial charge in [0.15, 0.2) is 10.8 Å². The van der Waals surface area contributed by atoms with Gasteiger partial charge in [-0.05, 0) is 47.9 Å². The van der Waals surface area contributed by atoms with Crippen LogP contribution >= 0.6 is 30.4 Å². The fraction of sp³-hybridized carbons (Fsp3) is 0.500. The lowest BCUT2D eigenvalue weighted by Gasteiger charge is -2.27. The summed E-state index contributed by atoms with van der Waals surface area (Å²) in [5.74, 6) is 0. The predicted octanol–water partition coefficient (Wildman–Crippen LogP) is 3.10. The first-order chi connectivity index (χ1) is 17.2. The Hall–Kier alpha value is -1.10. The van der Waals surface area contributed by atoms with E-state index in [1.54, 1.807) is 27.7 Å². The molecular weight excluding hydrogens is 584 g/mol. The van der Waals surface area contributed by atoms with E-state index in [-0.39, 0.29) is 59.5 Å². The molecule has 0 radical (unpaired) electrons. The topological polar surface area (TPSA) is 256 Å². The van der Waals surface area contributed by atoms with Crippen molar-refractivity contribution in [2.45, 2.75) is 64.2 Å². The lowest BCUT2D eigenvalue weighted by Crippen LogP contribution is -2.15. The molecule has 0 saturated heterocycles. The van der Waals surface area contributed by atoms with Gasteiger partial charge in [0.05, 0.1) is 11.4 Å². The maximum Gasteiger partial charge on any atom is 0.345 e. The number of aromatic nitrogens is 2. The first kappa shape index (κ1) is 33.1. The summed E-state index contributed by atoms with van der Waals surface area (Å²) in [4.78, 5) is 86.8. The van der Waals surface area contributed by atoms with Crippen LogP contribution in [0.25, 0.3) is 11.4 Å². The van der Waals surface area contributed by atoms with E-state index < -0.39 is 41.2 Å². The van der Waals surface area contributed by atoms with Gasteiger partial charge in [-0.2, -0.15) is 0 Å². The summed E-state index contributed by atoms with van der Waals surface area (Å²) in [5, 5.41) is -4.84. The van der Waals surface area contributed by atoms with Crippen molar-refractivity contribution in [2.24, 2.45) is 0 Å². The van der Waals surface area contributed by atoms with E-state index >= 15 is 0 Å². The third kappa shape index (κ3) is 6.96. The van der Waals surface area contributed by atoms with Crippen molar-refractivity contribution in [3.63, 3.8) is 0 Å². The van der Waals surface area contributed by atoms with Crippen molar-refractivity contribution in [2.75, 3.05) is 0 Å². The molecule has 2 aromatic heterocycles. The quantitative estimate of drug-likeness (QED) is 0.169. The molecule has 2 heterocycles. The maximum atomic E-state index is 12.3. The number of hydrogen-bond acceptors (Lipinski definition) is 6. The second-order valence-corrected chi connectivity index (χ2v) is 16.2. The standard InChI is InChI=1S/C20H32N2O12P4/c1-5-11-9-12(19(35(23,24)25)36(26,27)28)10-21-17(11)18-14(7-3)13(6-2)16(15(8-4)22-18)20(37(29,30)31)38(32,33)34/h9-10,19-20H,5-8H2,1-4H3,(H2,23,24,25)(H2,26,27,28)(H2,29,30,31)(H2,32,33,34). The van der Waals surface area contributed by atoms with Crippen molar-refractivity contribution in [1.29, 1.82) is 0 Å². The van der Waals surface area contributed by atoms with Crippen LogP contribution in [0.1, 0.15) is 72.0 Å². The average molecular weight is 616 g/mol. The Morgan fingerprint density at radius 3 is 1.50 bits per heavy atom. The second kappa shape index (κ2) is 11.8. The highest BCUT2D eigenvalue weighted by Crippen LogP contribution is 2.71. The lowest BCUT2D eigenvalue weighted by molar-refractivity contribution is 0.335. The van der Waals surface area contributed by atoms with Crippen molar-refractivity contribution in [1.82, 2.24) is 9.97 Å². The highest BCUT2D eigenvalue weighted by atomic mass is 31.2. The Labute approximate surface area is 219 Å². The molecule has 18 heteroatoms. The van der Waals surface area contributed by atoms with E-state index in [4.69, 9.17) is 0 Å². The largest absolute Gasteiger partial charge is 0.345 e. The molecule has 2 aromatic rings. The normalized spacial score (nSPS) is 13.5. The molecule has 2 rings (SSSR count). The first-order valence-corrected chi connectivity index (χ1v) is 18.2. The van der Waals surface area contributed by atoms with Crippen molar-refractivity contribution >= 4 is 30.4 Å². The van der Waals surface area contributed by atoms with Crippen LogP contribution in [0.15, 0.2) is 12.3 Å². The van der Waals surface area contributed by atoms with Gasteiger partial charge in [0, 0.05) is 17.5 Å². The molecule has 0 aliphatic rings. The third-order valence-corrected chi connectivity index (χ3v) is 13.3. The first-order valence-electron chi connectivity index (χ1n) is 11.5. The molecule has 0 amide bonds. The summed E-state index contributed by atoms with van der Waals surface area (Å²) in [6.07, 6.45) is 1.53. The van der Waals surface area contributed by atoms with Crippen LogP contribution in [0.2, 0.25) is 0 Å². The van der Waals surface area contributed by atoms with Gasteiger partial charge in [0.1, 0.15) is 0 Å². The van der Waals surface area contributed by atoms with E-state index in [1.165, 1.54) is 6.07 Å². The highest BCUT2D eigenvalue weighted by Gasteiger charge is 2.48. The van der Waals surface area contributed by atoms with Gasteiger partial charge in [-0.15, -0.1) is 0 Å². The van der Waals surface area contributed by atoms with Gasteiger partial charge in [-0.3, -0.25) is 28.2 Å². The third-order valence-electron chi connectivity index (χ3n) is 6.00. The number of hydrogen-bond donors (Lipinski definition) is 8. The minimum Gasteiger partial charge on any atom is -0.324 e. The molecule has 0 aromatic carbocycles. The summed E-state index contributed by atoms with van der Waals surface area (Å²) in [6.45, 7) is 6.63. The Morgan fingerprint density at radius 1 is 0.658 bits per heavy atom. The van der Waals surface area contributed by atoms with Crippen LogP contribution in [0.5, 0.6) is 0 Å². The molecule has 0 aliphatic heterocycles. The van der Waals surface area contributed by atoms with Crippen molar-refractivity contribution in [3.8, 4) is 11.4 Å². The fourth-order valence-corrected chi connectivity index (χ4v) is 10.0. The number of nitrogens with zero attached hydrogens (tertiary/aromatic N) is 2. The predicted molar refractivity (Wildman–Crippen MR) is 139 cm³/mol.